The number of aromatic nitrogens is 5. The number of anilines is 1. The van der Waals surface area contributed by atoms with Crippen molar-refractivity contribution in [3.05, 3.63) is 46.7 Å². The van der Waals surface area contributed by atoms with Crippen LogP contribution in [0, 0.1) is 0 Å². The second kappa shape index (κ2) is 6.40. The summed E-state index contributed by atoms with van der Waals surface area (Å²) in [7, 11) is 0. The van der Waals surface area contributed by atoms with Crippen LogP contribution in [0.25, 0.3) is 5.69 Å². The first-order valence-corrected chi connectivity index (χ1v) is 8.45. The summed E-state index contributed by atoms with van der Waals surface area (Å²) in [6.07, 6.45) is 3.01. The number of fused-ring (bicyclic) bond motifs is 1. The van der Waals surface area contributed by atoms with Gasteiger partial charge in [-0.2, -0.15) is 0 Å². The number of carbonyl (C=O) groups is 2. The Morgan fingerprint density at radius 1 is 1.36 bits per heavy atom. The fourth-order valence-electron chi connectivity index (χ4n) is 2.53. The van der Waals surface area contributed by atoms with Crippen molar-refractivity contribution in [1.82, 2.24) is 30.5 Å². The number of amides is 2. The number of benzene rings is 1. The van der Waals surface area contributed by atoms with E-state index < -0.39 is 0 Å². The van der Waals surface area contributed by atoms with Crippen LogP contribution in [0.5, 0.6) is 0 Å². The number of hydrogen-bond donors (Lipinski definition) is 2. The lowest BCUT2D eigenvalue weighted by atomic mass is 10.2. The molecule has 126 valence electrons. The summed E-state index contributed by atoms with van der Waals surface area (Å²) in [5.74, 6) is -0.439. The van der Waals surface area contributed by atoms with Gasteiger partial charge in [-0.25, -0.2) is 9.67 Å². The van der Waals surface area contributed by atoms with Gasteiger partial charge in [0.2, 0.25) is 0 Å². The maximum Gasteiger partial charge on any atom is 0.263 e. The monoisotopic (exact) mass is 355 g/mol. The number of nitrogens with zero attached hydrogens (tertiary/aromatic N) is 5. The maximum atomic E-state index is 12.5. The Hall–Kier alpha value is -3.14. The SMILES string of the molecule is O=C(Nc1nc2c(s1)C(=O)NCCC2)c1cccc(-n2cnnn2)c1. The first-order chi connectivity index (χ1) is 12.2. The first-order valence-electron chi connectivity index (χ1n) is 7.63. The maximum absolute atomic E-state index is 12.5. The third-order valence-electron chi connectivity index (χ3n) is 3.72. The number of tetrazole rings is 1. The minimum absolute atomic E-state index is 0.133. The molecular weight excluding hydrogens is 342 g/mol. The van der Waals surface area contributed by atoms with Crippen molar-refractivity contribution in [1.29, 1.82) is 0 Å². The van der Waals surface area contributed by atoms with Crippen molar-refractivity contribution in [3.8, 4) is 5.69 Å². The van der Waals surface area contributed by atoms with Crippen molar-refractivity contribution in [2.24, 2.45) is 0 Å². The lowest BCUT2D eigenvalue weighted by Crippen LogP contribution is -2.21. The number of carbonyl (C=O) groups excluding carboxylic acids is 2. The Morgan fingerprint density at radius 3 is 3.12 bits per heavy atom. The fourth-order valence-corrected chi connectivity index (χ4v) is 3.45. The second-order valence-corrected chi connectivity index (χ2v) is 6.41. The molecule has 1 aliphatic rings. The number of aryl methyl sites for hydroxylation is 1. The van der Waals surface area contributed by atoms with E-state index >= 15 is 0 Å². The van der Waals surface area contributed by atoms with Gasteiger partial charge in [-0.3, -0.25) is 14.9 Å². The molecule has 0 saturated heterocycles. The molecular formula is C15H13N7O2S. The van der Waals surface area contributed by atoms with Gasteiger partial charge in [0.1, 0.15) is 11.2 Å². The molecule has 0 saturated carbocycles. The van der Waals surface area contributed by atoms with Gasteiger partial charge >= 0.3 is 0 Å². The van der Waals surface area contributed by atoms with Crippen LogP contribution >= 0.6 is 11.3 Å². The van der Waals surface area contributed by atoms with Gasteiger partial charge < -0.3 is 5.32 Å². The molecule has 2 aromatic heterocycles. The molecule has 1 aromatic carbocycles. The van der Waals surface area contributed by atoms with E-state index in [1.807, 2.05) is 0 Å². The Kier molecular flexibility index (Phi) is 3.94. The smallest absolute Gasteiger partial charge is 0.263 e. The molecule has 0 spiro atoms. The van der Waals surface area contributed by atoms with Crippen molar-refractivity contribution in [2.45, 2.75) is 12.8 Å². The lowest BCUT2D eigenvalue weighted by Gasteiger charge is -2.04. The molecule has 0 fully saturated rings. The lowest BCUT2D eigenvalue weighted by molar-refractivity contribution is 0.0958. The minimum Gasteiger partial charge on any atom is -0.351 e. The zero-order chi connectivity index (χ0) is 17.2. The standard InChI is InChI=1S/C15H13N7O2S/c23-13(9-3-1-4-10(7-9)22-8-17-20-21-22)19-15-18-11-5-2-6-16-14(24)12(11)25-15/h1,3-4,7-8H,2,5-6H2,(H,16,24)(H,18,19,23). The molecule has 0 bridgehead atoms. The third-order valence-corrected chi connectivity index (χ3v) is 4.73. The Balaban J connectivity index is 1.56. The summed E-state index contributed by atoms with van der Waals surface area (Å²) in [6.45, 7) is 0.646. The predicted octanol–water partition coefficient (Wildman–Crippen LogP) is 1.05. The molecule has 10 heteroatoms. The normalized spacial score (nSPS) is 13.7. The molecule has 0 unspecified atom stereocenters. The second-order valence-electron chi connectivity index (χ2n) is 5.41. The molecule has 2 N–H and O–H groups in total. The van der Waals surface area contributed by atoms with E-state index in [1.165, 1.54) is 22.3 Å². The summed E-state index contributed by atoms with van der Waals surface area (Å²) in [6, 6.07) is 6.91. The fraction of sp³-hybridized carbons (Fsp3) is 0.200. The van der Waals surface area contributed by atoms with Crippen LogP contribution < -0.4 is 10.6 Å². The Labute approximate surface area is 146 Å². The van der Waals surface area contributed by atoms with Crippen LogP contribution in [0.15, 0.2) is 30.6 Å². The minimum atomic E-state index is -0.306. The summed E-state index contributed by atoms with van der Waals surface area (Å²) in [4.78, 5) is 29.4. The average Bonchev–Trinajstić information content (AvgIpc) is 3.26. The molecule has 0 radical (unpaired) electrons. The molecule has 0 atom stereocenters. The summed E-state index contributed by atoms with van der Waals surface area (Å²) in [5, 5.41) is 17.0. The largest absolute Gasteiger partial charge is 0.351 e. The van der Waals surface area contributed by atoms with Crippen LogP contribution in [0.1, 0.15) is 32.1 Å². The molecule has 4 rings (SSSR count). The van der Waals surface area contributed by atoms with Crippen LogP contribution in [-0.4, -0.2) is 43.6 Å². The van der Waals surface area contributed by atoms with Gasteiger partial charge in [0.05, 0.1) is 11.4 Å². The zero-order valence-corrected chi connectivity index (χ0v) is 13.8. The van der Waals surface area contributed by atoms with Gasteiger partial charge in [0.25, 0.3) is 11.8 Å². The Bertz CT molecular complexity index is 935. The molecule has 1 aliphatic heterocycles. The highest BCUT2D eigenvalue weighted by molar-refractivity contribution is 7.17. The van der Waals surface area contributed by atoms with E-state index in [-0.39, 0.29) is 11.8 Å². The highest BCUT2D eigenvalue weighted by Gasteiger charge is 2.21. The van der Waals surface area contributed by atoms with E-state index in [1.54, 1.807) is 24.3 Å². The number of hydrogen-bond acceptors (Lipinski definition) is 7. The van der Waals surface area contributed by atoms with E-state index in [0.717, 1.165) is 18.5 Å². The molecule has 3 heterocycles. The average molecular weight is 355 g/mol. The molecule has 3 aromatic rings. The van der Waals surface area contributed by atoms with Crippen LogP contribution in [-0.2, 0) is 6.42 Å². The molecule has 0 aliphatic carbocycles. The van der Waals surface area contributed by atoms with Crippen LogP contribution in [0.2, 0.25) is 0 Å². The number of thiazole rings is 1. The highest BCUT2D eigenvalue weighted by atomic mass is 32.1. The van der Waals surface area contributed by atoms with Crippen molar-refractivity contribution in [2.75, 3.05) is 11.9 Å². The summed E-state index contributed by atoms with van der Waals surface area (Å²) < 4.78 is 1.46. The van der Waals surface area contributed by atoms with Crippen molar-refractivity contribution in [3.63, 3.8) is 0 Å². The highest BCUT2D eigenvalue weighted by Crippen LogP contribution is 2.26. The number of rotatable bonds is 3. The first kappa shape index (κ1) is 15.4. The van der Waals surface area contributed by atoms with E-state index in [0.29, 0.717) is 27.8 Å². The van der Waals surface area contributed by atoms with E-state index in [9.17, 15) is 9.59 Å². The quantitative estimate of drug-likeness (QED) is 0.726. The van der Waals surface area contributed by atoms with Gasteiger partial charge in [-0.15, -0.1) is 5.10 Å². The predicted molar refractivity (Wildman–Crippen MR) is 89.9 cm³/mol. The number of nitrogens with one attached hydrogen (secondary N) is 2. The van der Waals surface area contributed by atoms with E-state index in [2.05, 4.69) is 31.1 Å². The van der Waals surface area contributed by atoms with Gasteiger partial charge in [0.15, 0.2) is 5.13 Å². The van der Waals surface area contributed by atoms with Crippen molar-refractivity contribution >= 4 is 28.3 Å². The summed E-state index contributed by atoms with van der Waals surface area (Å²) in [5.41, 5.74) is 1.85. The molecule has 2 amide bonds. The molecule has 9 nitrogen and oxygen atoms in total. The van der Waals surface area contributed by atoms with Crippen LogP contribution in [0.3, 0.4) is 0 Å². The third kappa shape index (κ3) is 3.11. The van der Waals surface area contributed by atoms with Crippen LogP contribution in [0.4, 0.5) is 5.13 Å². The van der Waals surface area contributed by atoms with Gasteiger partial charge in [-0.05, 0) is 41.5 Å². The summed E-state index contributed by atoms with van der Waals surface area (Å²) >= 11 is 1.19. The zero-order valence-electron chi connectivity index (χ0n) is 13.0. The Morgan fingerprint density at radius 2 is 2.28 bits per heavy atom. The van der Waals surface area contributed by atoms with Gasteiger partial charge in [-0.1, -0.05) is 17.4 Å². The van der Waals surface area contributed by atoms with Gasteiger partial charge in [0, 0.05) is 12.1 Å². The van der Waals surface area contributed by atoms with E-state index in [4.69, 9.17) is 0 Å². The topological polar surface area (TPSA) is 115 Å². The van der Waals surface area contributed by atoms with Crippen molar-refractivity contribution < 1.29 is 9.59 Å². The molecule has 25 heavy (non-hydrogen) atoms.